The summed E-state index contributed by atoms with van der Waals surface area (Å²) in [5, 5.41) is 6.30. The molecule has 1 aliphatic rings. The predicted molar refractivity (Wildman–Crippen MR) is 82.1 cm³/mol. The van der Waals surface area contributed by atoms with E-state index in [1.165, 1.54) is 19.3 Å². The number of pyridine rings is 1. The summed E-state index contributed by atoms with van der Waals surface area (Å²) >= 11 is 0. The van der Waals surface area contributed by atoms with E-state index in [0.29, 0.717) is 5.92 Å². The van der Waals surface area contributed by atoms with E-state index in [1.807, 2.05) is 12.1 Å². The van der Waals surface area contributed by atoms with Gasteiger partial charge in [0.25, 0.3) is 5.91 Å². The maximum absolute atomic E-state index is 12.2. The zero-order valence-electron chi connectivity index (χ0n) is 12.5. The smallest absolute Gasteiger partial charge is 0.251 e. The van der Waals surface area contributed by atoms with Crippen LogP contribution in [0.1, 0.15) is 55.6 Å². The first-order valence-electron chi connectivity index (χ1n) is 7.76. The van der Waals surface area contributed by atoms with E-state index in [0.717, 1.165) is 43.0 Å². The number of nitrogens with one attached hydrogen (secondary N) is 2. The fourth-order valence-corrected chi connectivity index (χ4v) is 2.28. The Labute approximate surface area is 121 Å². The molecular formula is C16H25N3O. The van der Waals surface area contributed by atoms with Crippen molar-refractivity contribution in [2.24, 2.45) is 5.92 Å². The summed E-state index contributed by atoms with van der Waals surface area (Å²) in [5.74, 6) is 1.51. The largest absolute Gasteiger partial charge is 0.370 e. The van der Waals surface area contributed by atoms with E-state index in [-0.39, 0.29) is 5.91 Å². The van der Waals surface area contributed by atoms with Crippen LogP contribution in [0, 0.1) is 5.92 Å². The average molecular weight is 275 g/mol. The van der Waals surface area contributed by atoms with Crippen molar-refractivity contribution in [1.82, 2.24) is 10.3 Å². The summed E-state index contributed by atoms with van der Waals surface area (Å²) < 4.78 is 0. The number of carbonyl (C=O) groups is 1. The number of aryl methyl sites for hydroxylation is 1. The van der Waals surface area contributed by atoms with Crippen LogP contribution >= 0.6 is 0 Å². The van der Waals surface area contributed by atoms with Gasteiger partial charge in [-0.1, -0.05) is 20.3 Å². The van der Waals surface area contributed by atoms with Gasteiger partial charge in [-0.3, -0.25) is 4.79 Å². The van der Waals surface area contributed by atoms with Crippen molar-refractivity contribution in [3.05, 3.63) is 23.4 Å². The number of anilines is 1. The zero-order chi connectivity index (χ0) is 14.4. The maximum atomic E-state index is 12.2. The average Bonchev–Trinajstić information content (AvgIpc) is 2.42. The molecule has 0 saturated heterocycles. The molecule has 1 fully saturated rings. The van der Waals surface area contributed by atoms with Crippen LogP contribution in [0.2, 0.25) is 0 Å². The summed E-state index contributed by atoms with van der Waals surface area (Å²) in [6, 6.07) is 3.75. The molecule has 1 amide bonds. The summed E-state index contributed by atoms with van der Waals surface area (Å²) in [4.78, 5) is 16.7. The van der Waals surface area contributed by atoms with E-state index in [2.05, 4.69) is 29.5 Å². The molecule has 0 aliphatic heterocycles. The minimum atomic E-state index is 0.0218. The number of hydrogen-bond acceptors (Lipinski definition) is 3. The van der Waals surface area contributed by atoms with E-state index >= 15 is 0 Å². The normalized spacial score (nSPS) is 14.7. The van der Waals surface area contributed by atoms with Crippen molar-refractivity contribution in [1.29, 1.82) is 0 Å². The molecule has 1 aromatic heterocycles. The van der Waals surface area contributed by atoms with E-state index in [9.17, 15) is 4.79 Å². The highest BCUT2D eigenvalue weighted by Crippen LogP contribution is 2.25. The molecular weight excluding hydrogens is 250 g/mol. The van der Waals surface area contributed by atoms with E-state index in [4.69, 9.17) is 0 Å². The van der Waals surface area contributed by atoms with Crippen molar-refractivity contribution in [3.8, 4) is 0 Å². The fourth-order valence-electron chi connectivity index (χ4n) is 2.28. The molecule has 0 unspecified atom stereocenters. The second kappa shape index (κ2) is 7.27. The molecule has 1 aromatic rings. The molecule has 4 nitrogen and oxygen atoms in total. The van der Waals surface area contributed by atoms with Crippen LogP contribution in [0.15, 0.2) is 12.1 Å². The molecule has 0 aromatic carbocycles. The Bertz CT molecular complexity index is 455. The van der Waals surface area contributed by atoms with Gasteiger partial charge in [-0.15, -0.1) is 0 Å². The van der Waals surface area contributed by atoms with Gasteiger partial charge in [0.05, 0.1) is 0 Å². The van der Waals surface area contributed by atoms with Gasteiger partial charge in [-0.05, 0) is 43.7 Å². The molecule has 0 bridgehead atoms. The molecule has 20 heavy (non-hydrogen) atoms. The summed E-state index contributed by atoms with van der Waals surface area (Å²) in [5.41, 5.74) is 1.68. The predicted octanol–water partition coefficient (Wildman–Crippen LogP) is 3.00. The van der Waals surface area contributed by atoms with Gasteiger partial charge in [0.2, 0.25) is 0 Å². The van der Waals surface area contributed by atoms with Gasteiger partial charge in [0.15, 0.2) is 0 Å². The van der Waals surface area contributed by atoms with Gasteiger partial charge < -0.3 is 10.6 Å². The molecule has 1 heterocycles. The molecule has 0 spiro atoms. The molecule has 4 heteroatoms. The highest BCUT2D eigenvalue weighted by Gasteiger charge is 2.18. The minimum absolute atomic E-state index is 0.0218. The lowest BCUT2D eigenvalue weighted by atomic mass is 9.85. The van der Waals surface area contributed by atoms with Crippen LogP contribution in [0.3, 0.4) is 0 Å². The number of amides is 1. The van der Waals surface area contributed by atoms with Crippen molar-refractivity contribution in [2.75, 3.05) is 18.4 Å². The lowest BCUT2D eigenvalue weighted by Gasteiger charge is -2.25. The molecule has 2 N–H and O–H groups in total. The van der Waals surface area contributed by atoms with E-state index < -0.39 is 0 Å². The van der Waals surface area contributed by atoms with E-state index in [1.54, 1.807) is 0 Å². The highest BCUT2D eigenvalue weighted by molar-refractivity contribution is 5.95. The Hall–Kier alpha value is -1.58. The summed E-state index contributed by atoms with van der Waals surface area (Å²) in [6.07, 6.45) is 5.69. The lowest BCUT2D eigenvalue weighted by molar-refractivity contribution is 0.0939. The standard InChI is InChI=1S/C16H25N3O/c1-3-8-17-15-10-13(9-14(4-2)19-15)16(20)18-11-12-6-5-7-12/h9-10,12H,3-8,11H2,1-2H3,(H,17,19)(H,18,20). The maximum Gasteiger partial charge on any atom is 0.251 e. The minimum Gasteiger partial charge on any atom is -0.370 e. The summed E-state index contributed by atoms with van der Waals surface area (Å²) in [6.45, 7) is 5.86. The van der Waals surface area contributed by atoms with Crippen LogP contribution in [0.5, 0.6) is 0 Å². The van der Waals surface area contributed by atoms with Gasteiger partial charge in [0.1, 0.15) is 5.82 Å². The van der Waals surface area contributed by atoms with Crippen molar-refractivity contribution < 1.29 is 4.79 Å². The number of hydrogen-bond donors (Lipinski definition) is 2. The van der Waals surface area contributed by atoms with Crippen LogP contribution in [0.4, 0.5) is 5.82 Å². The number of carbonyl (C=O) groups excluding carboxylic acids is 1. The molecule has 110 valence electrons. The van der Waals surface area contributed by atoms with Gasteiger partial charge in [-0.25, -0.2) is 4.98 Å². The third-order valence-electron chi connectivity index (χ3n) is 3.83. The Kier molecular flexibility index (Phi) is 5.39. The van der Waals surface area contributed by atoms with Crippen molar-refractivity contribution in [2.45, 2.75) is 46.0 Å². The zero-order valence-corrected chi connectivity index (χ0v) is 12.5. The van der Waals surface area contributed by atoms with Gasteiger partial charge >= 0.3 is 0 Å². The van der Waals surface area contributed by atoms with Crippen LogP contribution in [-0.2, 0) is 6.42 Å². The number of rotatable bonds is 7. The second-order valence-electron chi connectivity index (χ2n) is 5.52. The quantitative estimate of drug-likeness (QED) is 0.804. The van der Waals surface area contributed by atoms with Gasteiger partial charge in [-0.2, -0.15) is 0 Å². The first-order chi connectivity index (χ1) is 9.72. The topological polar surface area (TPSA) is 54.0 Å². The van der Waals surface area contributed by atoms with Gasteiger partial charge in [0, 0.05) is 24.3 Å². The molecule has 1 aliphatic carbocycles. The SMILES string of the molecule is CCCNc1cc(C(=O)NCC2CCC2)cc(CC)n1. The van der Waals surface area contributed by atoms with Crippen molar-refractivity contribution >= 4 is 11.7 Å². The Morgan fingerprint density at radius 2 is 2.15 bits per heavy atom. The van der Waals surface area contributed by atoms with Crippen LogP contribution in [0.25, 0.3) is 0 Å². The Morgan fingerprint density at radius 1 is 1.35 bits per heavy atom. The summed E-state index contributed by atoms with van der Waals surface area (Å²) in [7, 11) is 0. The number of nitrogens with zero attached hydrogens (tertiary/aromatic N) is 1. The lowest BCUT2D eigenvalue weighted by Crippen LogP contribution is -2.32. The highest BCUT2D eigenvalue weighted by atomic mass is 16.1. The molecule has 0 radical (unpaired) electrons. The second-order valence-corrected chi connectivity index (χ2v) is 5.52. The molecule has 0 atom stereocenters. The monoisotopic (exact) mass is 275 g/mol. The Morgan fingerprint density at radius 3 is 2.75 bits per heavy atom. The Balaban J connectivity index is 2.01. The van der Waals surface area contributed by atoms with Crippen molar-refractivity contribution in [3.63, 3.8) is 0 Å². The first-order valence-corrected chi connectivity index (χ1v) is 7.76. The first kappa shape index (κ1) is 14.8. The fraction of sp³-hybridized carbons (Fsp3) is 0.625. The van der Waals surface area contributed by atoms with Crippen LogP contribution < -0.4 is 10.6 Å². The number of aromatic nitrogens is 1. The molecule has 2 rings (SSSR count). The third kappa shape index (κ3) is 3.95. The van der Waals surface area contributed by atoms with Crippen LogP contribution in [-0.4, -0.2) is 24.0 Å². The molecule has 1 saturated carbocycles. The third-order valence-corrected chi connectivity index (χ3v) is 3.83.